The first-order valence-corrected chi connectivity index (χ1v) is 7.52. The van der Waals surface area contributed by atoms with E-state index in [4.69, 9.17) is 5.73 Å². The number of hydrogen-bond acceptors (Lipinski definition) is 3. The van der Waals surface area contributed by atoms with Crippen molar-refractivity contribution in [2.45, 2.75) is 17.9 Å². The summed E-state index contributed by atoms with van der Waals surface area (Å²) in [5, 5.41) is 0. The predicted octanol–water partition coefficient (Wildman–Crippen LogP) is 1.34. The lowest BCUT2D eigenvalue weighted by molar-refractivity contribution is 0.392. The van der Waals surface area contributed by atoms with Gasteiger partial charge >= 0.3 is 0 Å². The number of nitrogen functional groups attached to an aromatic ring is 1. The molecular weight excluding hydrogens is 262 g/mol. The number of aromatic amines is 1. The Kier molecular flexibility index (Phi) is 2.83. The van der Waals surface area contributed by atoms with Crippen molar-refractivity contribution in [3.05, 3.63) is 47.8 Å². The molecule has 1 aliphatic heterocycles. The van der Waals surface area contributed by atoms with E-state index in [1.54, 1.807) is 12.3 Å². The van der Waals surface area contributed by atoms with Crippen LogP contribution in [0.25, 0.3) is 0 Å². The number of aromatic nitrogens is 1. The van der Waals surface area contributed by atoms with Crippen LogP contribution < -0.4 is 5.73 Å². The zero-order valence-electron chi connectivity index (χ0n) is 10.3. The van der Waals surface area contributed by atoms with Gasteiger partial charge in [0.25, 0.3) is 0 Å². The molecule has 2 heterocycles. The van der Waals surface area contributed by atoms with E-state index in [1.807, 2.05) is 18.2 Å². The maximum Gasteiger partial charge on any atom is 0.244 e. The third-order valence-corrected chi connectivity index (χ3v) is 5.32. The van der Waals surface area contributed by atoms with Crippen LogP contribution in [0.5, 0.6) is 0 Å². The predicted molar refractivity (Wildman–Crippen MR) is 72.9 cm³/mol. The third-order valence-electron chi connectivity index (χ3n) is 3.47. The Balaban J connectivity index is 1.95. The van der Waals surface area contributed by atoms with Crippen LogP contribution in [0, 0.1) is 0 Å². The lowest BCUT2D eigenvalue weighted by Gasteiger charge is -2.28. The zero-order chi connectivity index (χ0) is 13.5. The molecule has 6 heteroatoms. The molecule has 100 valence electrons. The topological polar surface area (TPSA) is 79.2 Å². The monoisotopic (exact) mass is 277 g/mol. The van der Waals surface area contributed by atoms with Crippen molar-refractivity contribution in [3.63, 3.8) is 0 Å². The summed E-state index contributed by atoms with van der Waals surface area (Å²) in [4.78, 5) is 3.08. The van der Waals surface area contributed by atoms with E-state index >= 15 is 0 Å². The molecule has 0 saturated heterocycles. The first-order valence-electron chi connectivity index (χ1n) is 6.08. The molecule has 19 heavy (non-hydrogen) atoms. The molecule has 2 aromatic rings. The van der Waals surface area contributed by atoms with Crippen LogP contribution in [0.1, 0.15) is 11.1 Å². The molecule has 1 aromatic heterocycles. The van der Waals surface area contributed by atoms with E-state index in [9.17, 15) is 8.42 Å². The summed E-state index contributed by atoms with van der Waals surface area (Å²) in [6, 6.07) is 7.23. The van der Waals surface area contributed by atoms with Crippen molar-refractivity contribution >= 4 is 15.7 Å². The summed E-state index contributed by atoms with van der Waals surface area (Å²) in [5.74, 6) is 0. The first-order chi connectivity index (χ1) is 9.09. The maximum absolute atomic E-state index is 12.4. The fourth-order valence-electron chi connectivity index (χ4n) is 2.44. The van der Waals surface area contributed by atoms with Crippen molar-refractivity contribution < 1.29 is 8.42 Å². The molecular formula is C13H15N3O2S. The third kappa shape index (κ3) is 2.02. The van der Waals surface area contributed by atoms with Gasteiger partial charge in [0.1, 0.15) is 0 Å². The SMILES string of the molecule is Nc1cccc2c1CCN(S(=O)(=O)c1cc[nH]c1)C2. The van der Waals surface area contributed by atoms with Gasteiger partial charge in [0.15, 0.2) is 0 Å². The minimum absolute atomic E-state index is 0.305. The highest BCUT2D eigenvalue weighted by atomic mass is 32.2. The summed E-state index contributed by atoms with van der Waals surface area (Å²) in [6.07, 6.45) is 3.78. The molecule has 3 rings (SSSR count). The standard InChI is InChI=1S/C13H15N3O2S/c14-13-3-1-2-10-9-16(7-5-12(10)13)19(17,18)11-4-6-15-8-11/h1-4,6,8,15H,5,7,9,14H2. The van der Waals surface area contributed by atoms with Gasteiger partial charge < -0.3 is 10.7 Å². The molecule has 0 saturated carbocycles. The highest BCUT2D eigenvalue weighted by molar-refractivity contribution is 7.89. The molecule has 3 N–H and O–H groups in total. The Labute approximate surface area is 112 Å². The molecule has 5 nitrogen and oxygen atoms in total. The van der Waals surface area contributed by atoms with E-state index in [0.29, 0.717) is 24.4 Å². The Bertz CT molecular complexity index is 693. The van der Waals surface area contributed by atoms with Crippen LogP contribution in [-0.4, -0.2) is 24.3 Å². The molecule has 0 amide bonds. The van der Waals surface area contributed by atoms with Crippen molar-refractivity contribution in [2.24, 2.45) is 0 Å². The second-order valence-corrected chi connectivity index (χ2v) is 6.56. The number of nitrogens with two attached hydrogens (primary N) is 1. The number of nitrogens with one attached hydrogen (secondary N) is 1. The fourth-order valence-corrected chi connectivity index (χ4v) is 3.83. The largest absolute Gasteiger partial charge is 0.398 e. The molecule has 1 aliphatic rings. The normalized spacial score (nSPS) is 16.2. The van der Waals surface area contributed by atoms with Gasteiger partial charge in [0, 0.05) is 31.2 Å². The molecule has 0 spiro atoms. The zero-order valence-corrected chi connectivity index (χ0v) is 11.2. The minimum Gasteiger partial charge on any atom is -0.398 e. The van der Waals surface area contributed by atoms with Gasteiger partial charge in [-0.25, -0.2) is 8.42 Å². The van der Waals surface area contributed by atoms with Crippen LogP contribution in [0.3, 0.4) is 0 Å². The molecule has 1 aromatic carbocycles. The highest BCUT2D eigenvalue weighted by Crippen LogP contribution is 2.27. The molecule has 0 aliphatic carbocycles. The number of nitrogens with zero attached hydrogens (tertiary/aromatic N) is 1. The van der Waals surface area contributed by atoms with E-state index in [2.05, 4.69) is 4.98 Å². The van der Waals surface area contributed by atoms with Gasteiger partial charge in [-0.1, -0.05) is 12.1 Å². The van der Waals surface area contributed by atoms with Gasteiger partial charge in [0.05, 0.1) is 4.90 Å². The van der Waals surface area contributed by atoms with E-state index in [1.165, 1.54) is 10.5 Å². The molecule has 0 unspecified atom stereocenters. The Morgan fingerprint density at radius 2 is 2.11 bits per heavy atom. The number of anilines is 1. The van der Waals surface area contributed by atoms with Crippen molar-refractivity contribution in [1.82, 2.24) is 9.29 Å². The molecule has 0 fully saturated rings. The number of H-pyrrole nitrogens is 1. The number of sulfonamides is 1. The second-order valence-electron chi connectivity index (χ2n) is 4.62. The van der Waals surface area contributed by atoms with E-state index in [0.717, 1.165) is 16.8 Å². The smallest absolute Gasteiger partial charge is 0.244 e. The van der Waals surface area contributed by atoms with Gasteiger partial charge in [-0.3, -0.25) is 0 Å². The summed E-state index contributed by atoms with van der Waals surface area (Å²) < 4.78 is 26.3. The van der Waals surface area contributed by atoms with Crippen molar-refractivity contribution in [1.29, 1.82) is 0 Å². The van der Waals surface area contributed by atoms with Crippen LogP contribution in [0.2, 0.25) is 0 Å². The quantitative estimate of drug-likeness (QED) is 0.813. The van der Waals surface area contributed by atoms with E-state index in [-0.39, 0.29) is 0 Å². The Morgan fingerprint density at radius 1 is 1.26 bits per heavy atom. The lowest BCUT2D eigenvalue weighted by atomic mass is 9.99. The summed E-state index contributed by atoms with van der Waals surface area (Å²) in [5.41, 5.74) is 8.73. The minimum atomic E-state index is -3.41. The molecule has 0 bridgehead atoms. The van der Waals surface area contributed by atoms with Crippen LogP contribution in [-0.2, 0) is 23.0 Å². The van der Waals surface area contributed by atoms with Crippen LogP contribution >= 0.6 is 0 Å². The summed E-state index contributed by atoms with van der Waals surface area (Å²) >= 11 is 0. The highest BCUT2D eigenvalue weighted by Gasteiger charge is 2.29. The molecule has 0 radical (unpaired) electrons. The molecule has 0 atom stereocenters. The average molecular weight is 277 g/mol. The number of fused-ring (bicyclic) bond motifs is 1. The van der Waals surface area contributed by atoms with Gasteiger partial charge in [-0.15, -0.1) is 0 Å². The van der Waals surface area contributed by atoms with Crippen LogP contribution in [0.15, 0.2) is 41.6 Å². The average Bonchev–Trinajstić information content (AvgIpc) is 2.93. The Morgan fingerprint density at radius 3 is 2.84 bits per heavy atom. The van der Waals surface area contributed by atoms with Crippen molar-refractivity contribution in [2.75, 3.05) is 12.3 Å². The summed E-state index contributed by atoms with van der Waals surface area (Å²) in [7, 11) is -3.41. The van der Waals surface area contributed by atoms with Gasteiger partial charge in [-0.2, -0.15) is 4.31 Å². The summed E-state index contributed by atoms with van der Waals surface area (Å²) in [6.45, 7) is 0.850. The lowest BCUT2D eigenvalue weighted by Crippen LogP contribution is -2.36. The number of benzene rings is 1. The number of hydrogen-bond donors (Lipinski definition) is 2. The van der Waals surface area contributed by atoms with E-state index < -0.39 is 10.0 Å². The first kappa shape index (κ1) is 12.3. The fraction of sp³-hybridized carbons (Fsp3) is 0.231. The van der Waals surface area contributed by atoms with Crippen LogP contribution in [0.4, 0.5) is 5.69 Å². The maximum atomic E-state index is 12.4. The van der Waals surface area contributed by atoms with Crippen molar-refractivity contribution in [3.8, 4) is 0 Å². The second kappa shape index (κ2) is 4.40. The van der Waals surface area contributed by atoms with Gasteiger partial charge in [0.2, 0.25) is 10.0 Å². The Hall–Kier alpha value is -1.79. The number of rotatable bonds is 2. The van der Waals surface area contributed by atoms with Gasteiger partial charge in [-0.05, 0) is 29.7 Å².